The van der Waals surface area contributed by atoms with E-state index < -0.39 is 17.6 Å². The number of hydrogen-bond donors (Lipinski definition) is 2. The number of nitrogens with one attached hydrogen (secondary N) is 1. The van der Waals surface area contributed by atoms with Gasteiger partial charge in [-0.2, -0.15) is 13.2 Å². The topological polar surface area (TPSA) is 87.4 Å². The number of amides is 1. The number of alkyl halides is 3. The first-order chi connectivity index (χ1) is 16.9. The number of halogens is 3. The average Bonchev–Trinajstić information content (AvgIpc) is 2.78. The number of hydrogen-bond acceptors (Lipinski definition) is 6. The van der Waals surface area contributed by atoms with Crippen molar-refractivity contribution in [3.05, 3.63) is 65.0 Å². The minimum atomic E-state index is -4.54. The Bertz CT molecular complexity index is 1240. The van der Waals surface area contributed by atoms with E-state index in [1.807, 2.05) is 30.8 Å². The molecule has 0 fully saturated rings. The van der Waals surface area contributed by atoms with Crippen LogP contribution in [0.3, 0.4) is 0 Å². The summed E-state index contributed by atoms with van der Waals surface area (Å²) in [5, 5.41) is 2.70. The number of benzene rings is 2. The molecule has 0 saturated heterocycles. The highest BCUT2D eigenvalue weighted by molar-refractivity contribution is 6.06. The molecule has 0 aliphatic heterocycles. The fourth-order valence-electron chi connectivity index (χ4n) is 3.89. The number of carbonyl (C=O) groups excluding carboxylic acids is 1. The van der Waals surface area contributed by atoms with Crippen molar-refractivity contribution in [1.82, 2.24) is 14.9 Å². The van der Waals surface area contributed by atoms with Gasteiger partial charge in [0.25, 0.3) is 5.91 Å². The molecule has 0 unspecified atom stereocenters. The second-order valence-electron chi connectivity index (χ2n) is 9.02. The molecule has 1 heterocycles. The van der Waals surface area contributed by atoms with Gasteiger partial charge in [0, 0.05) is 30.9 Å². The van der Waals surface area contributed by atoms with Gasteiger partial charge in [0.2, 0.25) is 5.95 Å². The van der Waals surface area contributed by atoms with Crippen LogP contribution in [0, 0.1) is 13.8 Å². The van der Waals surface area contributed by atoms with Crippen LogP contribution >= 0.6 is 0 Å². The van der Waals surface area contributed by atoms with Gasteiger partial charge in [-0.1, -0.05) is 6.07 Å². The predicted molar refractivity (Wildman–Crippen MR) is 137 cm³/mol. The molecular formula is C26H31F3N6O. The number of nitrogen functional groups attached to an aromatic ring is 1. The lowest BCUT2D eigenvalue weighted by Gasteiger charge is -2.24. The third-order valence-corrected chi connectivity index (χ3v) is 5.87. The van der Waals surface area contributed by atoms with E-state index in [0.29, 0.717) is 23.5 Å². The van der Waals surface area contributed by atoms with Gasteiger partial charge in [-0.25, -0.2) is 9.97 Å². The largest absolute Gasteiger partial charge is 0.416 e. The first kappa shape index (κ1) is 26.9. The number of anilines is 3. The van der Waals surface area contributed by atoms with Gasteiger partial charge >= 0.3 is 6.18 Å². The number of aryl methyl sites for hydroxylation is 2. The lowest BCUT2D eigenvalue weighted by Crippen LogP contribution is -2.25. The molecule has 0 spiro atoms. The molecular weight excluding hydrogens is 469 g/mol. The Labute approximate surface area is 209 Å². The summed E-state index contributed by atoms with van der Waals surface area (Å²) in [6, 6.07) is 8.49. The molecule has 0 radical (unpaired) electrons. The van der Waals surface area contributed by atoms with Crippen LogP contribution in [0.25, 0.3) is 11.1 Å². The SMILES string of the molecule is Cc1ccc(C(=O)Nc2cc(C(F)(F)F)ccc2N(C)CCCN(C)C)cc1-c1cnc(N)nc1C. The number of carbonyl (C=O) groups is 1. The van der Waals surface area contributed by atoms with E-state index in [2.05, 4.69) is 15.3 Å². The number of rotatable bonds is 8. The fourth-order valence-corrected chi connectivity index (χ4v) is 3.89. The van der Waals surface area contributed by atoms with E-state index in [1.165, 1.54) is 6.07 Å². The van der Waals surface area contributed by atoms with Gasteiger partial charge in [0.1, 0.15) is 0 Å². The van der Waals surface area contributed by atoms with Crippen molar-refractivity contribution in [2.24, 2.45) is 0 Å². The van der Waals surface area contributed by atoms with Crippen molar-refractivity contribution in [2.45, 2.75) is 26.4 Å². The summed E-state index contributed by atoms with van der Waals surface area (Å²) in [6.07, 6.45) is -2.14. The molecule has 0 saturated carbocycles. The van der Waals surface area contributed by atoms with Crippen LogP contribution in [-0.2, 0) is 6.18 Å². The molecule has 3 aromatic rings. The van der Waals surface area contributed by atoms with E-state index in [1.54, 1.807) is 38.4 Å². The summed E-state index contributed by atoms with van der Waals surface area (Å²) in [5.41, 5.74) is 8.73. The number of nitrogens with zero attached hydrogens (tertiary/aromatic N) is 4. The third-order valence-electron chi connectivity index (χ3n) is 5.87. The third kappa shape index (κ3) is 6.51. The second kappa shape index (κ2) is 10.9. The van der Waals surface area contributed by atoms with Crippen LogP contribution in [0.4, 0.5) is 30.5 Å². The molecule has 36 heavy (non-hydrogen) atoms. The van der Waals surface area contributed by atoms with Gasteiger partial charge in [0.05, 0.1) is 22.6 Å². The average molecular weight is 501 g/mol. The molecule has 10 heteroatoms. The van der Waals surface area contributed by atoms with Crippen LogP contribution in [0.1, 0.15) is 33.6 Å². The van der Waals surface area contributed by atoms with E-state index in [-0.39, 0.29) is 11.6 Å². The zero-order valence-electron chi connectivity index (χ0n) is 21.1. The van der Waals surface area contributed by atoms with E-state index in [0.717, 1.165) is 41.8 Å². The van der Waals surface area contributed by atoms with Crippen LogP contribution < -0.4 is 16.0 Å². The summed E-state index contributed by atoms with van der Waals surface area (Å²) in [6.45, 7) is 5.12. The van der Waals surface area contributed by atoms with Crippen molar-refractivity contribution in [3.63, 3.8) is 0 Å². The highest BCUT2D eigenvalue weighted by Gasteiger charge is 2.31. The van der Waals surface area contributed by atoms with Crippen LogP contribution in [0.2, 0.25) is 0 Å². The molecule has 0 bridgehead atoms. The molecule has 1 aromatic heterocycles. The van der Waals surface area contributed by atoms with Gasteiger partial charge < -0.3 is 20.9 Å². The van der Waals surface area contributed by atoms with Crippen molar-refractivity contribution >= 4 is 23.2 Å². The molecule has 0 aliphatic carbocycles. The summed E-state index contributed by atoms with van der Waals surface area (Å²) < 4.78 is 40.4. The number of nitrogens with two attached hydrogens (primary N) is 1. The van der Waals surface area contributed by atoms with E-state index >= 15 is 0 Å². The number of aromatic nitrogens is 2. The molecule has 2 aromatic carbocycles. The summed E-state index contributed by atoms with van der Waals surface area (Å²) in [4.78, 5) is 25.3. The Balaban J connectivity index is 1.94. The first-order valence-electron chi connectivity index (χ1n) is 11.5. The summed E-state index contributed by atoms with van der Waals surface area (Å²) in [5.74, 6) is -0.373. The highest BCUT2D eigenvalue weighted by atomic mass is 19.4. The quantitative estimate of drug-likeness (QED) is 0.453. The lowest BCUT2D eigenvalue weighted by atomic mass is 9.98. The zero-order valence-corrected chi connectivity index (χ0v) is 21.1. The monoisotopic (exact) mass is 500 g/mol. The smallest absolute Gasteiger partial charge is 0.373 e. The zero-order chi connectivity index (χ0) is 26.6. The predicted octanol–water partition coefficient (Wildman–Crippen LogP) is 5.00. The normalized spacial score (nSPS) is 11.6. The maximum Gasteiger partial charge on any atom is 0.416 e. The minimum absolute atomic E-state index is 0.0938. The minimum Gasteiger partial charge on any atom is -0.373 e. The van der Waals surface area contributed by atoms with Gasteiger partial charge in [0.15, 0.2) is 0 Å². The Morgan fingerprint density at radius 3 is 2.39 bits per heavy atom. The first-order valence-corrected chi connectivity index (χ1v) is 11.5. The Hall–Kier alpha value is -3.66. The summed E-state index contributed by atoms with van der Waals surface area (Å²) in [7, 11) is 5.71. The van der Waals surface area contributed by atoms with Gasteiger partial charge in [-0.05, 0) is 82.4 Å². The van der Waals surface area contributed by atoms with Crippen molar-refractivity contribution < 1.29 is 18.0 Å². The van der Waals surface area contributed by atoms with Crippen molar-refractivity contribution in [2.75, 3.05) is 50.2 Å². The highest BCUT2D eigenvalue weighted by Crippen LogP contribution is 2.36. The van der Waals surface area contributed by atoms with Crippen LogP contribution in [-0.4, -0.2) is 55.0 Å². The molecule has 0 aliphatic rings. The van der Waals surface area contributed by atoms with Gasteiger partial charge in [-0.15, -0.1) is 0 Å². The van der Waals surface area contributed by atoms with Crippen molar-refractivity contribution in [3.8, 4) is 11.1 Å². The molecule has 1 amide bonds. The lowest BCUT2D eigenvalue weighted by molar-refractivity contribution is -0.137. The molecule has 7 nitrogen and oxygen atoms in total. The Morgan fingerprint density at radius 1 is 1.03 bits per heavy atom. The fraction of sp³-hybridized carbons (Fsp3) is 0.346. The standard InChI is InChI=1S/C26H31F3N6O/c1-16-7-8-18(13-20(16)21-15-31-25(30)32-17(21)2)24(36)33-22-14-19(26(27,28)29)9-10-23(22)35(5)12-6-11-34(3)4/h7-10,13-15H,6,11-12H2,1-5H3,(H,33,36)(H2,30,31,32). The molecule has 192 valence electrons. The maximum absolute atomic E-state index is 13.5. The molecule has 3 rings (SSSR count). The molecule has 3 N–H and O–H groups in total. The van der Waals surface area contributed by atoms with Crippen LogP contribution in [0.5, 0.6) is 0 Å². The summed E-state index contributed by atoms with van der Waals surface area (Å²) >= 11 is 0. The van der Waals surface area contributed by atoms with E-state index in [4.69, 9.17) is 5.73 Å². The second-order valence-corrected chi connectivity index (χ2v) is 9.02. The van der Waals surface area contributed by atoms with Gasteiger partial charge in [-0.3, -0.25) is 4.79 Å². The van der Waals surface area contributed by atoms with E-state index in [9.17, 15) is 18.0 Å². The molecule has 0 atom stereocenters. The van der Waals surface area contributed by atoms with Crippen LogP contribution in [0.15, 0.2) is 42.6 Å². The maximum atomic E-state index is 13.5. The Kier molecular flexibility index (Phi) is 8.19. The van der Waals surface area contributed by atoms with Crippen molar-refractivity contribution in [1.29, 1.82) is 0 Å². The Morgan fingerprint density at radius 2 is 1.75 bits per heavy atom.